The summed E-state index contributed by atoms with van der Waals surface area (Å²) >= 11 is 0. The molecule has 0 atom stereocenters. The largest absolute Gasteiger partial charge is 0.508 e. The van der Waals surface area contributed by atoms with Crippen molar-refractivity contribution in [2.45, 2.75) is 25.3 Å². The molecule has 1 aliphatic carbocycles. The number of rotatable bonds is 3. The Morgan fingerprint density at radius 3 is 2.47 bits per heavy atom. The van der Waals surface area contributed by atoms with Crippen LogP contribution in [0, 0.1) is 0 Å². The molecular weight excluding hydrogens is 240 g/mol. The van der Waals surface area contributed by atoms with Gasteiger partial charge in [-0.15, -0.1) is 0 Å². The summed E-state index contributed by atoms with van der Waals surface area (Å²) in [6.07, 6.45) is 2.95. The maximum atomic E-state index is 12.2. The highest BCUT2D eigenvalue weighted by molar-refractivity contribution is 5.79. The smallest absolute Gasteiger partial charge is 0.227 e. The zero-order chi connectivity index (χ0) is 13.2. The second kappa shape index (κ2) is 5.21. The predicted molar refractivity (Wildman–Crippen MR) is 73.0 cm³/mol. The molecule has 2 fully saturated rings. The van der Waals surface area contributed by atoms with Crippen molar-refractivity contribution in [3.05, 3.63) is 29.8 Å². The van der Waals surface area contributed by atoms with Crippen molar-refractivity contribution >= 4 is 5.91 Å². The minimum Gasteiger partial charge on any atom is -0.508 e. The molecule has 1 amide bonds. The average molecular weight is 260 g/mol. The molecule has 1 saturated carbocycles. The standard InChI is InChI=1S/C15H20N2O2/c18-14-4-2-1-3-12(14)11-15(19)17-9-7-16(8-10-17)13-5-6-13/h1-4,13,18H,5-11H2. The highest BCUT2D eigenvalue weighted by Gasteiger charge is 2.32. The van der Waals surface area contributed by atoms with Gasteiger partial charge in [-0.1, -0.05) is 18.2 Å². The van der Waals surface area contributed by atoms with Crippen LogP contribution in [-0.2, 0) is 11.2 Å². The van der Waals surface area contributed by atoms with E-state index in [0.717, 1.165) is 37.8 Å². The van der Waals surface area contributed by atoms with Crippen molar-refractivity contribution in [2.24, 2.45) is 0 Å². The van der Waals surface area contributed by atoms with E-state index in [2.05, 4.69) is 4.90 Å². The molecular formula is C15H20N2O2. The van der Waals surface area contributed by atoms with Crippen molar-refractivity contribution in [3.8, 4) is 5.75 Å². The molecule has 1 N–H and O–H groups in total. The second-order valence-electron chi connectivity index (χ2n) is 5.45. The SMILES string of the molecule is O=C(Cc1ccccc1O)N1CCN(C2CC2)CC1. The third-order valence-electron chi connectivity index (χ3n) is 4.06. The van der Waals surface area contributed by atoms with Gasteiger partial charge in [-0.2, -0.15) is 0 Å². The van der Waals surface area contributed by atoms with Crippen LogP contribution < -0.4 is 0 Å². The normalized spacial score (nSPS) is 20.5. The summed E-state index contributed by atoms with van der Waals surface area (Å²) in [5.41, 5.74) is 0.720. The molecule has 1 aromatic rings. The van der Waals surface area contributed by atoms with Crippen LogP contribution in [-0.4, -0.2) is 53.0 Å². The Morgan fingerprint density at radius 1 is 1.16 bits per heavy atom. The van der Waals surface area contributed by atoms with Crippen molar-refractivity contribution in [3.63, 3.8) is 0 Å². The molecule has 0 radical (unpaired) electrons. The molecule has 1 aromatic carbocycles. The van der Waals surface area contributed by atoms with Gasteiger partial charge in [0.25, 0.3) is 0 Å². The first-order valence-corrected chi connectivity index (χ1v) is 7.03. The zero-order valence-electron chi connectivity index (χ0n) is 11.1. The van der Waals surface area contributed by atoms with Gasteiger partial charge >= 0.3 is 0 Å². The molecule has 19 heavy (non-hydrogen) atoms. The van der Waals surface area contributed by atoms with Crippen LogP contribution in [0.2, 0.25) is 0 Å². The number of carbonyl (C=O) groups is 1. The Kier molecular flexibility index (Phi) is 3.42. The Morgan fingerprint density at radius 2 is 1.84 bits per heavy atom. The van der Waals surface area contributed by atoms with E-state index in [-0.39, 0.29) is 11.7 Å². The fourth-order valence-corrected chi connectivity index (χ4v) is 2.71. The Labute approximate surface area is 113 Å². The fraction of sp³-hybridized carbons (Fsp3) is 0.533. The summed E-state index contributed by atoms with van der Waals surface area (Å²) in [5.74, 6) is 0.337. The number of piperazine rings is 1. The summed E-state index contributed by atoms with van der Waals surface area (Å²) in [5, 5.41) is 9.70. The maximum absolute atomic E-state index is 12.2. The van der Waals surface area contributed by atoms with Crippen molar-refractivity contribution in [1.29, 1.82) is 0 Å². The molecule has 4 heteroatoms. The van der Waals surface area contributed by atoms with Crippen LogP contribution in [0.3, 0.4) is 0 Å². The van der Waals surface area contributed by atoms with Gasteiger partial charge in [0.15, 0.2) is 0 Å². The minimum atomic E-state index is 0.122. The number of benzene rings is 1. The lowest BCUT2D eigenvalue weighted by atomic mass is 10.1. The average Bonchev–Trinajstić information content (AvgIpc) is 3.26. The Bertz CT molecular complexity index is 463. The predicted octanol–water partition coefficient (Wildman–Crippen LogP) is 1.24. The highest BCUT2D eigenvalue weighted by atomic mass is 16.3. The number of hydrogen-bond donors (Lipinski definition) is 1. The molecule has 4 nitrogen and oxygen atoms in total. The molecule has 3 rings (SSSR count). The topological polar surface area (TPSA) is 43.8 Å². The lowest BCUT2D eigenvalue weighted by Gasteiger charge is -2.34. The third-order valence-corrected chi connectivity index (χ3v) is 4.06. The monoisotopic (exact) mass is 260 g/mol. The molecule has 2 aliphatic rings. The zero-order valence-corrected chi connectivity index (χ0v) is 11.1. The summed E-state index contributed by atoms with van der Waals surface area (Å²) in [6, 6.07) is 7.86. The molecule has 0 aromatic heterocycles. The van der Waals surface area contributed by atoms with E-state index in [1.807, 2.05) is 17.0 Å². The summed E-state index contributed by atoms with van der Waals surface area (Å²) in [6.45, 7) is 3.64. The Hall–Kier alpha value is -1.55. The lowest BCUT2D eigenvalue weighted by Crippen LogP contribution is -2.49. The molecule has 102 valence electrons. The van der Waals surface area contributed by atoms with E-state index >= 15 is 0 Å². The first-order chi connectivity index (χ1) is 9.24. The molecule has 1 saturated heterocycles. The van der Waals surface area contributed by atoms with Crippen LogP contribution in [0.1, 0.15) is 18.4 Å². The first-order valence-electron chi connectivity index (χ1n) is 7.03. The second-order valence-corrected chi connectivity index (χ2v) is 5.45. The van der Waals surface area contributed by atoms with Gasteiger partial charge in [0.05, 0.1) is 6.42 Å². The van der Waals surface area contributed by atoms with E-state index in [9.17, 15) is 9.90 Å². The first kappa shape index (κ1) is 12.5. The van der Waals surface area contributed by atoms with Gasteiger partial charge in [-0.3, -0.25) is 9.69 Å². The number of nitrogens with zero attached hydrogens (tertiary/aromatic N) is 2. The molecule has 0 spiro atoms. The van der Waals surface area contributed by atoms with Crippen molar-refractivity contribution in [2.75, 3.05) is 26.2 Å². The number of amides is 1. The molecule has 0 unspecified atom stereocenters. The van der Waals surface area contributed by atoms with Crippen LogP contribution in [0.4, 0.5) is 0 Å². The van der Waals surface area contributed by atoms with E-state index in [4.69, 9.17) is 0 Å². The summed E-state index contributed by atoms with van der Waals surface area (Å²) in [7, 11) is 0. The van der Waals surface area contributed by atoms with Crippen LogP contribution in [0.5, 0.6) is 5.75 Å². The van der Waals surface area contributed by atoms with E-state index in [1.54, 1.807) is 12.1 Å². The number of phenolic OH excluding ortho intramolecular Hbond substituents is 1. The van der Waals surface area contributed by atoms with Crippen LogP contribution in [0.15, 0.2) is 24.3 Å². The number of phenols is 1. The summed E-state index contributed by atoms with van der Waals surface area (Å²) in [4.78, 5) is 16.6. The van der Waals surface area contributed by atoms with Crippen LogP contribution in [0.25, 0.3) is 0 Å². The van der Waals surface area contributed by atoms with Gasteiger partial charge in [-0.05, 0) is 18.9 Å². The third kappa shape index (κ3) is 2.89. The van der Waals surface area contributed by atoms with Gasteiger partial charge in [0.1, 0.15) is 5.75 Å². The Balaban J connectivity index is 1.55. The van der Waals surface area contributed by atoms with E-state index in [0.29, 0.717) is 6.42 Å². The summed E-state index contributed by atoms with van der Waals surface area (Å²) < 4.78 is 0. The van der Waals surface area contributed by atoms with Crippen molar-refractivity contribution < 1.29 is 9.90 Å². The molecule has 1 aliphatic heterocycles. The number of aromatic hydroxyl groups is 1. The van der Waals surface area contributed by atoms with Gasteiger partial charge in [-0.25, -0.2) is 0 Å². The fourth-order valence-electron chi connectivity index (χ4n) is 2.71. The number of carbonyl (C=O) groups excluding carboxylic acids is 1. The van der Waals surface area contributed by atoms with Crippen molar-refractivity contribution in [1.82, 2.24) is 9.80 Å². The maximum Gasteiger partial charge on any atom is 0.227 e. The van der Waals surface area contributed by atoms with E-state index in [1.165, 1.54) is 12.8 Å². The molecule has 1 heterocycles. The number of para-hydroxylation sites is 1. The van der Waals surface area contributed by atoms with Gasteiger partial charge in [0, 0.05) is 37.8 Å². The lowest BCUT2D eigenvalue weighted by molar-refractivity contribution is -0.132. The van der Waals surface area contributed by atoms with E-state index < -0.39 is 0 Å². The quantitative estimate of drug-likeness (QED) is 0.889. The molecule has 0 bridgehead atoms. The highest BCUT2D eigenvalue weighted by Crippen LogP contribution is 2.27. The van der Waals surface area contributed by atoms with Gasteiger partial charge in [0.2, 0.25) is 5.91 Å². The minimum absolute atomic E-state index is 0.122. The van der Waals surface area contributed by atoms with Gasteiger partial charge < -0.3 is 10.0 Å². The van der Waals surface area contributed by atoms with Crippen LogP contribution >= 0.6 is 0 Å². The number of hydrogen-bond acceptors (Lipinski definition) is 3.